The maximum absolute atomic E-state index is 11.2. The van der Waals surface area contributed by atoms with E-state index in [1.165, 1.54) is 12.1 Å². The maximum atomic E-state index is 11.2. The Morgan fingerprint density at radius 1 is 1.39 bits per heavy atom. The summed E-state index contributed by atoms with van der Waals surface area (Å²) >= 11 is 11.7. The van der Waals surface area contributed by atoms with Gasteiger partial charge in [-0.2, -0.15) is 0 Å². The lowest BCUT2D eigenvalue weighted by molar-refractivity contribution is 0.127. The number of rotatable bonds is 4. The number of amides is 1. The molecule has 0 heterocycles. The summed E-state index contributed by atoms with van der Waals surface area (Å²) in [6, 6.07) is 4.54. The third-order valence-electron chi connectivity index (χ3n) is 2.57. The average Bonchev–Trinajstić information content (AvgIpc) is 2.26. The first-order valence-corrected chi connectivity index (χ1v) is 6.22. The van der Waals surface area contributed by atoms with Crippen molar-refractivity contribution in [3.05, 3.63) is 28.2 Å². The van der Waals surface area contributed by atoms with E-state index in [2.05, 4.69) is 0 Å². The summed E-state index contributed by atoms with van der Waals surface area (Å²) in [7, 11) is 0. The van der Waals surface area contributed by atoms with Gasteiger partial charge in [-0.1, -0.05) is 37.0 Å². The molecule has 0 aromatic heterocycles. The third-order valence-corrected chi connectivity index (χ3v) is 3.11. The molecule has 0 bridgehead atoms. The lowest BCUT2D eigenvalue weighted by Gasteiger charge is -2.25. The number of halogens is 2. The molecule has 0 aliphatic rings. The molecule has 1 aromatic rings. The maximum Gasteiger partial charge on any atom is 0.411 e. The molecule has 1 aromatic carbocycles. The highest BCUT2D eigenvalue weighted by molar-refractivity contribution is 6.36. The SMILES string of the molecule is CC(C)[C@@H](O)CN(C(=O)O)c1ccc(Cl)cc1Cl. The van der Waals surface area contributed by atoms with E-state index in [4.69, 9.17) is 23.2 Å². The smallest absolute Gasteiger partial charge is 0.411 e. The summed E-state index contributed by atoms with van der Waals surface area (Å²) in [5, 5.41) is 19.6. The van der Waals surface area contributed by atoms with Crippen molar-refractivity contribution in [1.82, 2.24) is 0 Å². The Morgan fingerprint density at radius 3 is 2.44 bits per heavy atom. The van der Waals surface area contributed by atoms with Crippen molar-refractivity contribution in [1.29, 1.82) is 0 Å². The van der Waals surface area contributed by atoms with Crippen LogP contribution in [0.5, 0.6) is 0 Å². The molecule has 1 atom stereocenters. The zero-order valence-corrected chi connectivity index (χ0v) is 11.6. The second kappa shape index (κ2) is 6.27. The number of aliphatic hydroxyl groups is 1. The number of aliphatic hydroxyl groups excluding tert-OH is 1. The van der Waals surface area contributed by atoms with Crippen molar-refractivity contribution in [2.24, 2.45) is 5.92 Å². The van der Waals surface area contributed by atoms with E-state index in [1.54, 1.807) is 6.07 Å². The van der Waals surface area contributed by atoms with Gasteiger partial charge in [0, 0.05) is 5.02 Å². The lowest BCUT2D eigenvalue weighted by Crippen LogP contribution is -2.38. The molecule has 0 unspecified atom stereocenters. The van der Waals surface area contributed by atoms with Gasteiger partial charge in [-0.3, -0.25) is 4.90 Å². The minimum absolute atomic E-state index is 0.0334. The summed E-state index contributed by atoms with van der Waals surface area (Å²) in [5.74, 6) is -0.0436. The molecule has 1 rings (SSSR count). The van der Waals surface area contributed by atoms with Crippen LogP contribution in [-0.2, 0) is 0 Å². The predicted octanol–water partition coefficient (Wildman–Crippen LogP) is 3.49. The van der Waals surface area contributed by atoms with Gasteiger partial charge in [0.25, 0.3) is 0 Å². The number of carbonyl (C=O) groups is 1. The highest BCUT2D eigenvalue weighted by Crippen LogP contribution is 2.29. The molecule has 18 heavy (non-hydrogen) atoms. The van der Waals surface area contributed by atoms with Crippen LogP contribution < -0.4 is 4.90 Å². The third kappa shape index (κ3) is 3.77. The second-order valence-corrected chi connectivity index (χ2v) is 5.14. The minimum atomic E-state index is -1.17. The van der Waals surface area contributed by atoms with Gasteiger partial charge in [-0.15, -0.1) is 0 Å². The van der Waals surface area contributed by atoms with E-state index in [0.717, 1.165) is 4.90 Å². The molecule has 2 N–H and O–H groups in total. The quantitative estimate of drug-likeness (QED) is 0.893. The largest absolute Gasteiger partial charge is 0.465 e. The molecular formula is C12H15Cl2NO3. The van der Waals surface area contributed by atoms with Crippen molar-refractivity contribution in [3.8, 4) is 0 Å². The zero-order valence-electron chi connectivity index (χ0n) is 10.1. The topological polar surface area (TPSA) is 60.8 Å². The lowest BCUT2D eigenvalue weighted by atomic mass is 10.1. The van der Waals surface area contributed by atoms with Gasteiger partial charge < -0.3 is 10.2 Å². The Bertz CT molecular complexity index is 437. The first-order chi connectivity index (χ1) is 8.32. The van der Waals surface area contributed by atoms with Gasteiger partial charge in [-0.25, -0.2) is 4.79 Å². The standard InChI is InChI=1S/C12H15Cl2NO3/c1-7(2)11(16)6-15(12(17)18)10-4-3-8(13)5-9(10)14/h3-5,7,11,16H,6H2,1-2H3,(H,17,18)/t11-/m0/s1. The number of nitrogens with zero attached hydrogens (tertiary/aromatic N) is 1. The van der Waals surface area contributed by atoms with Crippen LogP contribution in [0.2, 0.25) is 10.0 Å². The summed E-state index contributed by atoms with van der Waals surface area (Å²) < 4.78 is 0. The van der Waals surface area contributed by atoms with Crippen LogP contribution >= 0.6 is 23.2 Å². The number of hydrogen-bond donors (Lipinski definition) is 2. The molecular weight excluding hydrogens is 277 g/mol. The first-order valence-electron chi connectivity index (χ1n) is 5.46. The summed E-state index contributed by atoms with van der Waals surface area (Å²) in [6.45, 7) is 3.59. The van der Waals surface area contributed by atoms with E-state index in [9.17, 15) is 15.0 Å². The number of hydrogen-bond acceptors (Lipinski definition) is 2. The van der Waals surface area contributed by atoms with Crippen molar-refractivity contribution >= 4 is 35.0 Å². The molecule has 0 radical (unpaired) electrons. The van der Waals surface area contributed by atoms with Crippen LogP contribution in [0, 0.1) is 5.92 Å². The summed E-state index contributed by atoms with van der Waals surface area (Å²) in [5.41, 5.74) is 0.313. The fraction of sp³-hybridized carbons (Fsp3) is 0.417. The molecule has 100 valence electrons. The number of benzene rings is 1. The van der Waals surface area contributed by atoms with Crippen LogP contribution in [0.1, 0.15) is 13.8 Å². The van der Waals surface area contributed by atoms with Gasteiger partial charge in [0.15, 0.2) is 0 Å². The molecule has 1 amide bonds. The Balaban J connectivity index is 3.01. The molecule has 0 saturated carbocycles. The molecule has 0 aliphatic heterocycles. The number of carboxylic acid groups (broad SMARTS) is 1. The van der Waals surface area contributed by atoms with Gasteiger partial charge in [0.05, 0.1) is 23.4 Å². The fourth-order valence-corrected chi connectivity index (χ4v) is 1.89. The fourth-order valence-electron chi connectivity index (χ4n) is 1.38. The van der Waals surface area contributed by atoms with E-state index < -0.39 is 12.2 Å². The Labute approximate surface area is 116 Å². The van der Waals surface area contributed by atoms with Gasteiger partial charge in [0.2, 0.25) is 0 Å². The molecule has 0 aliphatic carbocycles. The van der Waals surface area contributed by atoms with Crippen molar-refractivity contribution < 1.29 is 15.0 Å². The molecule has 0 fully saturated rings. The predicted molar refractivity (Wildman–Crippen MR) is 72.7 cm³/mol. The van der Waals surface area contributed by atoms with Gasteiger partial charge in [-0.05, 0) is 24.1 Å². The zero-order chi connectivity index (χ0) is 13.9. The molecule has 6 heteroatoms. The summed E-state index contributed by atoms with van der Waals surface area (Å²) in [6.07, 6.45) is -1.92. The normalized spacial score (nSPS) is 12.6. The Kier molecular flexibility index (Phi) is 5.26. The number of anilines is 1. The molecule has 0 saturated heterocycles. The Morgan fingerprint density at radius 2 is 2.00 bits per heavy atom. The van der Waals surface area contributed by atoms with E-state index >= 15 is 0 Å². The van der Waals surface area contributed by atoms with Crippen LogP contribution in [0.3, 0.4) is 0 Å². The highest BCUT2D eigenvalue weighted by Gasteiger charge is 2.22. The van der Waals surface area contributed by atoms with Gasteiger partial charge >= 0.3 is 6.09 Å². The second-order valence-electron chi connectivity index (χ2n) is 4.30. The van der Waals surface area contributed by atoms with Crippen LogP contribution in [0.4, 0.5) is 10.5 Å². The Hall–Kier alpha value is -0.970. The molecule has 4 nitrogen and oxygen atoms in total. The van der Waals surface area contributed by atoms with Gasteiger partial charge in [0.1, 0.15) is 0 Å². The van der Waals surface area contributed by atoms with Crippen molar-refractivity contribution in [2.75, 3.05) is 11.4 Å². The highest BCUT2D eigenvalue weighted by atomic mass is 35.5. The van der Waals surface area contributed by atoms with Crippen LogP contribution in [0.25, 0.3) is 0 Å². The van der Waals surface area contributed by atoms with E-state index in [-0.39, 0.29) is 17.5 Å². The minimum Gasteiger partial charge on any atom is -0.465 e. The average molecular weight is 292 g/mol. The monoisotopic (exact) mass is 291 g/mol. The first kappa shape index (κ1) is 15.1. The summed E-state index contributed by atoms with van der Waals surface area (Å²) in [4.78, 5) is 12.2. The van der Waals surface area contributed by atoms with E-state index in [0.29, 0.717) is 10.7 Å². The van der Waals surface area contributed by atoms with Crippen molar-refractivity contribution in [2.45, 2.75) is 20.0 Å². The van der Waals surface area contributed by atoms with Crippen LogP contribution in [-0.4, -0.2) is 29.0 Å². The molecule has 0 spiro atoms. The van der Waals surface area contributed by atoms with Crippen LogP contribution in [0.15, 0.2) is 18.2 Å². The van der Waals surface area contributed by atoms with Crippen molar-refractivity contribution in [3.63, 3.8) is 0 Å². The van der Waals surface area contributed by atoms with E-state index in [1.807, 2.05) is 13.8 Å².